The van der Waals surface area contributed by atoms with Gasteiger partial charge in [-0.05, 0) is 24.1 Å². The van der Waals surface area contributed by atoms with Crippen LogP contribution in [-0.2, 0) is 4.79 Å². The topological polar surface area (TPSA) is 77.8 Å². The number of hydrogen-bond acceptors (Lipinski definition) is 3. The predicted octanol–water partition coefficient (Wildman–Crippen LogP) is 1.92. The minimum absolute atomic E-state index is 0.0466. The Morgan fingerprint density at radius 3 is 2.33 bits per heavy atom. The molecular formula is C11H14O4. The third-order valence-corrected chi connectivity index (χ3v) is 2.28. The Kier molecular flexibility index (Phi) is 3.19. The second-order valence-corrected chi connectivity index (χ2v) is 3.80. The van der Waals surface area contributed by atoms with Crippen molar-refractivity contribution in [1.29, 1.82) is 0 Å². The van der Waals surface area contributed by atoms with Gasteiger partial charge in [0.25, 0.3) is 0 Å². The van der Waals surface area contributed by atoms with E-state index in [0.717, 1.165) is 0 Å². The van der Waals surface area contributed by atoms with E-state index in [2.05, 4.69) is 0 Å². The summed E-state index contributed by atoms with van der Waals surface area (Å²) in [5.74, 6) is -2.12. The summed E-state index contributed by atoms with van der Waals surface area (Å²) < 4.78 is 0. The second-order valence-electron chi connectivity index (χ2n) is 3.80. The summed E-state index contributed by atoms with van der Waals surface area (Å²) in [5.41, 5.74) is 0.248. The quantitative estimate of drug-likeness (QED) is 0.666. The molecule has 0 bridgehead atoms. The Morgan fingerprint density at radius 1 is 1.27 bits per heavy atom. The number of aromatic hydroxyl groups is 2. The van der Waals surface area contributed by atoms with Gasteiger partial charge < -0.3 is 15.3 Å². The van der Waals surface area contributed by atoms with E-state index in [1.807, 2.05) is 0 Å². The molecule has 1 unspecified atom stereocenters. The number of hydrogen-bond donors (Lipinski definition) is 3. The van der Waals surface area contributed by atoms with Crippen molar-refractivity contribution >= 4 is 5.97 Å². The largest absolute Gasteiger partial charge is 0.508 e. The Hall–Kier alpha value is -1.71. The van der Waals surface area contributed by atoms with Crippen LogP contribution in [0.15, 0.2) is 18.2 Å². The molecule has 0 aliphatic rings. The smallest absolute Gasteiger partial charge is 0.311 e. The first-order valence-corrected chi connectivity index (χ1v) is 4.68. The van der Waals surface area contributed by atoms with Gasteiger partial charge in [0, 0.05) is 5.56 Å². The summed E-state index contributed by atoms with van der Waals surface area (Å²) in [7, 11) is 0. The molecule has 1 rings (SSSR count). The molecular weight excluding hydrogens is 196 g/mol. The number of carboxylic acids is 1. The van der Waals surface area contributed by atoms with Gasteiger partial charge in [0.2, 0.25) is 0 Å². The molecule has 4 heteroatoms. The standard InChI is InChI=1S/C11H14O4/c1-6(2)10(11(14)15)8-5-7(12)3-4-9(8)13/h3-6,10,12-13H,1-2H3,(H,14,15). The molecule has 1 aromatic rings. The number of carboxylic acid groups (broad SMARTS) is 1. The maximum atomic E-state index is 11.0. The van der Waals surface area contributed by atoms with Gasteiger partial charge in [-0.15, -0.1) is 0 Å². The lowest BCUT2D eigenvalue weighted by Gasteiger charge is -2.17. The zero-order valence-corrected chi connectivity index (χ0v) is 8.64. The molecule has 0 aliphatic carbocycles. The van der Waals surface area contributed by atoms with Gasteiger partial charge in [0.05, 0.1) is 5.92 Å². The van der Waals surface area contributed by atoms with Gasteiger partial charge in [-0.25, -0.2) is 0 Å². The van der Waals surface area contributed by atoms with E-state index in [-0.39, 0.29) is 23.0 Å². The summed E-state index contributed by atoms with van der Waals surface area (Å²) in [6, 6.07) is 3.90. The number of benzene rings is 1. The van der Waals surface area contributed by atoms with Crippen molar-refractivity contribution in [2.45, 2.75) is 19.8 Å². The highest BCUT2D eigenvalue weighted by atomic mass is 16.4. The first-order valence-electron chi connectivity index (χ1n) is 4.68. The molecule has 0 aliphatic heterocycles. The average molecular weight is 210 g/mol. The molecule has 0 amide bonds. The van der Waals surface area contributed by atoms with Crippen LogP contribution in [0.5, 0.6) is 11.5 Å². The van der Waals surface area contributed by atoms with Crippen molar-refractivity contribution < 1.29 is 20.1 Å². The van der Waals surface area contributed by atoms with E-state index >= 15 is 0 Å². The predicted molar refractivity (Wildman–Crippen MR) is 55.0 cm³/mol. The lowest BCUT2D eigenvalue weighted by molar-refractivity contribution is -0.139. The maximum absolute atomic E-state index is 11.0. The molecule has 82 valence electrons. The SMILES string of the molecule is CC(C)C(C(=O)O)c1cc(O)ccc1O. The number of phenolic OH excluding ortho intramolecular Hbond substituents is 2. The molecule has 4 nitrogen and oxygen atoms in total. The van der Waals surface area contributed by atoms with Gasteiger partial charge >= 0.3 is 5.97 Å². The van der Waals surface area contributed by atoms with Gasteiger partial charge in [0.15, 0.2) is 0 Å². The highest BCUT2D eigenvalue weighted by molar-refractivity contribution is 5.77. The highest BCUT2D eigenvalue weighted by Crippen LogP contribution is 2.33. The number of carbonyl (C=O) groups is 1. The fraction of sp³-hybridized carbons (Fsp3) is 0.364. The molecule has 0 saturated carbocycles. The van der Waals surface area contributed by atoms with Crippen LogP contribution in [0, 0.1) is 5.92 Å². The zero-order chi connectivity index (χ0) is 11.6. The Labute approximate surface area is 87.8 Å². The van der Waals surface area contributed by atoms with Crippen LogP contribution < -0.4 is 0 Å². The Bertz CT molecular complexity index is 371. The van der Waals surface area contributed by atoms with Crippen LogP contribution in [0.2, 0.25) is 0 Å². The Morgan fingerprint density at radius 2 is 1.87 bits per heavy atom. The van der Waals surface area contributed by atoms with Gasteiger partial charge in [-0.3, -0.25) is 4.79 Å². The average Bonchev–Trinajstić information content (AvgIpc) is 2.10. The van der Waals surface area contributed by atoms with E-state index in [1.54, 1.807) is 13.8 Å². The monoisotopic (exact) mass is 210 g/mol. The lowest BCUT2D eigenvalue weighted by atomic mass is 9.88. The van der Waals surface area contributed by atoms with Crippen molar-refractivity contribution in [3.05, 3.63) is 23.8 Å². The van der Waals surface area contributed by atoms with Gasteiger partial charge in [-0.2, -0.15) is 0 Å². The molecule has 0 aromatic heterocycles. The van der Waals surface area contributed by atoms with Gasteiger partial charge in [-0.1, -0.05) is 13.8 Å². The molecule has 0 saturated heterocycles. The van der Waals surface area contributed by atoms with Crippen molar-refractivity contribution in [2.75, 3.05) is 0 Å². The molecule has 0 heterocycles. The molecule has 1 aromatic carbocycles. The minimum Gasteiger partial charge on any atom is -0.508 e. The molecule has 3 N–H and O–H groups in total. The summed E-state index contributed by atoms with van der Waals surface area (Å²) in [5, 5.41) is 27.8. The third kappa shape index (κ3) is 2.40. The van der Waals surface area contributed by atoms with E-state index in [4.69, 9.17) is 5.11 Å². The number of aliphatic carboxylic acids is 1. The van der Waals surface area contributed by atoms with Crippen molar-refractivity contribution in [3.8, 4) is 11.5 Å². The summed E-state index contributed by atoms with van der Waals surface area (Å²) in [4.78, 5) is 11.0. The lowest BCUT2D eigenvalue weighted by Crippen LogP contribution is -2.17. The normalized spacial score (nSPS) is 12.7. The first kappa shape index (κ1) is 11.4. The van der Waals surface area contributed by atoms with Crippen LogP contribution in [0.1, 0.15) is 25.3 Å². The molecule has 0 fully saturated rings. The van der Waals surface area contributed by atoms with Crippen LogP contribution in [0.4, 0.5) is 0 Å². The molecule has 0 radical (unpaired) electrons. The molecule has 15 heavy (non-hydrogen) atoms. The van der Waals surface area contributed by atoms with Crippen LogP contribution in [-0.4, -0.2) is 21.3 Å². The van der Waals surface area contributed by atoms with E-state index < -0.39 is 11.9 Å². The van der Waals surface area contributed by atoms with E-state index in [1.165, 1.54) is 18.2 Å². The fourth-order valence-corrected chi connectivity index (χ4v) is 1.57. The molecule has 0 spiro atoms. The van der Waals surface area contributed by atoms with Crippen LogP contribution in [0.3, 0.4) is 0 Å². The van der Waals surface area contributed by atoms with Crippen molar-refractivity contribution in [2.24, 2.45) is 5.92 Å². The minimum atomic E-state index is -1.01. The Balaban J connectivity index is 3.22. The highest BCUT2D eigenvalue weighted by Gasteiger charge is 2.26. The van der Waals surface area contributed by atoms with Crippen molar-refractivity contribution in [1.82, 2.24) is 0 Å². The zero-order valence-electron chi connectivity index (χ0n) is 8.64. The fourth-order valence-electron chi connectivity index (χ4n) is 1.57. The molecule has 1 atom stereocenters. The van der Waals surface area contributed by atoms with Crippen LogP contribution >= 0.6 is 0 Å². The van der Waals surface area contributed by atoms with E-state index in [0.29, 0.717) is 0 Å². The maximum Gasteiger partial charge on any atom is 0.311 e. The van der Waals surface area contributed by atoms with Crippen LogP contribution in [0.25, 0.3) is 0 Å². The van der Waals surface area contributed by atoms with E-state index in [9.17, 15) is 15.0 Å². The first-order chi connectivity index (χ1) is 6.93. The summed E-state index contributed by atoms with van der Waals surface area (Å²) in [6.07, 6.45) is 0. The third-order valence-electron chi connectivity index (χ3n) is 2.28. The summed E-state index contributed by atoms with van der Waals surface area (Å²) >= 11 is 0. The van der Waals surface area contributed by atoms with Crippen molar-refractivity contribution in [3.63, 3.8) is 0 Å². The summed E-state index contributed by atoms with van der Waals surface area (Å²) in [6.45, 7) is 3.50. The number of phenols is 2. The van der Waals surface area contributed by atoms with Gasteiger partial charge in [0.1, 0.15) is 11.5 Å². The second kappa shape index (κ2) is 4.21. The number of rotatable bonds is 3.